The summed E-state index contributed by atoms with van der Waals surface area (Å²) in [6, 6.07) is 18.4. The maximum Gasteiger partial charge on any atom is 0.225 e. The third-order valence-corrected chi connectivity index (χ3v) is 6.09. The number of hydrogen-bond acceptors (Lipinski definition) is 3. The molecule has 1 saturated carbocycles. The molecule has 0 bridgehead atoms. The number of aromatic nitrogens is 1. The van der Waals surface area contributed by atoms with Gasteiger partial charge in [-0.3, -0.25) is 9.78 Å². The van der Waals surface area contributed by atoms with Gasteiger partial charge in [0.15, 0.2) is 0 Å². The highest BCUT2D eigenvalue weighted by Gasteiger charge is 2.35. The summed E-state index contributed by atoms with van der Waals surface area (Å²) in [6.45, 7) is 1.53. The second kappa shape index (κ2) is 8.50. The van der Waals surface area contributed by atoms with Crippen molar-refractivity contribution >= 4 is 5.91 Å². The van der Waals surface area contributed by atoms with Crippen LogP contribution in [0.4, 0.5) is 4.39 Å². The van der Waals surface area contributed by atoms with Crippen molar-refractivity contribution in [3.8, 4) is 28.1 Å². The van der Waals surface area contributed by atoms with Gasteiger partial charge >= 0.3 is 0 Å². The first kappa shape index (κ1) is 19.7. The number of hydrogen-bond donors (Lipinski definition) is 0. The molecule has 5 heteroatoms. The lowest BCUT2D eigenvalue weighted by atomic mass is 10.00. The summed E-state index contributed by atoms with van der Waals surface area (Å²) in [5, 5.41) is 0. The summed E-state index contributed by atoms with van der Waals surface area (Å²) in [5.74, 6) is 1.10. The van der Waals surface area contributed by atoms with Crippen LogP contribution in [0.2, 0.25) is 0 Å². The van der Waals surface area contributed by atoms with Gasteiger partial charge in [-0.25, -0.2) is 4.39 Å². The molecule has 0 atom stereocenters. The van der Waals surface area contributed by atoms with E-state index in [1.54, 1.807) is 18.3 Å². The molecule has 0 unspecified atom stereocenters. The molecular weight excluding hydrogens is 391 g/mol. The summed E-state index contributed by atoms with van der Waals surface area (Å²) in [7, 11) is 0. The second-order valence-corrected chi connectivity index (χ2v) is 8.32. The molecule has 1 aliphatic carbocycles. The number of pyridine rings is 1. The molecule has 158 valence electrons. The summed E-state index contributed by atoms with van der Waals surface area (Å²) < 4.78 is 21.3. The van der Waals surface area contributed by atoms with Crippen LogP contribution in [0.5, 0.6) is 5.75 Å². The molecule has 31 heavy (non-hydrogen) atoms. The van der Waals surface area contributed by atoms with E-state index in [4.69, 9.17) is 4.74 Å². The summed E-state index contributed by atoms with van der Waals surface area (Å²) in [4.78, 5) is 18.4. The molecule has 4 nitrogen and oxygen atoms in total. The predicted octanol–water partition coefficient (Wildman–Crippen LogP) is 5.33. The van der Waals surface area contributed by atoms with Gasteiger partial charge in [-0.2, -0.15) is 0 Å². The highest BCUT2D eigenvalue weighted by molar-refractivity contribution is 5.81. The third kappa shape index (κ3) is 4.31. The number of carbonyl (C=O) groups excluding carboxylic acids is 1. The zero-order valence-corrected chi connectivity index (χ0v) is 17.3. The van der Waals surface area contributed by atoms with Gasteiger partial charge in [-0.15, -0.1) is 0 Å². The molecule has 1 aromatic heterocycles. The van der Waals surface area contributed by atoms with Gasteiger partial charge in [-0.1, -0.05) is 30.3 Å². The maximum absolute atomic E-state index is 15.2. The quantitative estimate of drug-likeness (QED) is 0.564. The minimum atomic E-state index is -0.275. The van der Waals surface area contributed by atoms with Crippen LogP contribution in [-0.2, 0) is 4.79 Å². The fourth-order valence-electron chi connectivity index (χ4n) is 4.16. The molecule has 2 fully saturated rings. The number of rotatable bonds is 5. The van der Waals surface area contributed by atoms with Crippen molar-refractivity contribution in [2.75, 3.05) is 13.1 Å². The number of piperidine rings is 1. The normalized spacial score (nSPS) is 16.9. The SMILES string of the molecule is O=C(C1CC1)N1CCC(Oc2ccc(-c3cccc(-c4ccccn4)c3F)cc2)CC1. The van der Waals surface area contributed by atoms with Crippen molar-refractivity contribution in [3.05, 3.63) is 72.7 Å². The van der Waals surface area contributed by atoms with E-state index in [1.807, 2.05) is 53.4 Å². The fraction of sp³-hybridized carbons (Fsp3) is 0.308. The summed E-state index contributed by atoms with van der Waals surface area (Å²) >= 11 is 0. The lowest BCUT2D eigenvalue weighted by Gasteiger charge is -2.32. The third-order valence-electron chi connectivity index (χ3n) is 6.09. The van der Waals surface area contributed by atoms with Gasteiger partial charge in [-0.05, 0) is 48.7 Å². The molecule has 2 aromatic carbocycles. The number of carbonyl (C=O) groups is 1. The van der Waals surface area contributed by atoms with Crippen LogP contribution in [0, 0.1) is 11.7 Å². The Bertz CT molecular complexity index is 1060. The molecule has 0 radical (unpaired) electrons. The second-order valence-electron chi connectivity index (χ2n) is 8.32. The molecule has 2 aliphatic rings. The van der Waals surface area contributed by atoms with Crippen molar-refractivity contribution in [1.82, 2.24) is 9.88 Å². The minimum Gasteiger partial charge on any atom is -0.490 e. The Morgan fingerprint density at radius 2 is 1.65 bits per heavy atom. The highest BCUT2D eigenvalue weighted by atomic mass is 19.1. The van der Waals surface area contributed by atoms with E-state index in [2.05, 4.69) is 4.98 Å². The summed E-state index contributed by atoms with van der Waals surface area (Å²) in [6.07, 6.45) is 5.57. The number of ether oxygens (including phenoxy) is 1. The first-order valence-electron chi connectivity index (χ1n) is 10.9. The number of nitrogens with zero attached hydrogens (tertiary/aromatic N) is 2. The van der Waals surface area contributed by atoms with Crippen LogP contribution in [0.1, 0.15) is 25.7 Å². The molecule has 0 spiro atoms. The van der Waals surface area contributed by atoms with Gasteiger partial charge in [0, 0.05) is 49.2 Å². The lowest BCUT2D eigenvalue weighted by molar-refractivity contribution is -0.134. The average molecular weight is 416 g/mol. The van der Waals surface area contributed by atoms with Crippen molar-refractivity contribution in [3.63, 3.8) is 0 Å². The van der Waals surface area contributed by atoms with E-state index in [0.29, 0.717) is 22.7 Å². The van der Waals surface area contributed by atoms with Crippen LogP contribution >= 0.6 is 0 Å². The molecule has 5 rings (SSSR count). The van der Waals surface area contributed by atoms with E-state index >= 15 is 4.39 Å². The Hall–Kier alpha value is -3.21. The Labute approximate surface area is 181 Å². The van der Waals surface area contributed by atoms with Gasteiger partial charge in [0.05, 0.1) is 5.69 Å². The molecule has 1 aliphatic heterocycles. The lowest BCUT2D eigenvalue weighted by Crippen LogP contribution is -2.42. The largest absolute Gasteiger partial charge is 0.490 e. The van der Waals surface area contributed by atoms with Gasteiger partial charge in [0.1, 0.15) is 17.7 Å². The Morgan fingerprint density at radius 1 is 0.903 bits per heavy atom. The van der Waals surface area contributed by atoms with Crippen LogP contribution in [0.3, 0.4) is 0 Å². The zero-order valence-electron chi connectivity index (χ0n) is 17.3. The Balaban J connectivity index is 1.25. The van der Waals surface area contributed by atoms with E-state index in [0.717, 1.165) is 50.1 Å². The Kier molecular flexibility index (Phi) is 5.41. The van der Waals surface area contributed by atoms with Crippen LogP contribution in [0.25, 0.3) is 22.4 Å². The van der Waals surface area contributed by atoms with Crippen LogP contribution in [-0.4, -0.2) is 35.0 Å². The van der Waals surface area contributed by atoms with Crippen molar-refractivity contribution in [2.24, 2.45) is 5.92 Å². The maximum atomic E-state index is 15.2. The first-order chi connectivity index (χ1) is 15.2. The van der Waals surface area contributed by atoms with Crippen LogP contribution in [0.15, 0.2) is 66.9 Å². The molecule has 2 heterocycles. The van der Waals surface area contributed by atoms with Gasteiger partial charge in [0.25, 0.3) is 0 Å². The minimum absolute atomic E-state index is 0.110. The van der Waals surface area contributed by atoms with Crippen molar-refractivity contribution in [2.45, 2.75) is 31.8 Å². The number of amides is 1. The topological polar surface area (TPSA) is 42.4 Å². The van der Waals surface area contributed by atoms with Crippen molar-refractivity contribution in [1.29, 1.82) is 0 Å². The van der Waals surface area contributed by atoms with Crippen LogP contribution < -0.4 is 4.74 Å². The first-order valence-corrected chi connectivity index (χ1v) is 10.9. The van der Waals surface area contributed by atoms with Gasteiger partial charge in [0.2, 0.25) is 5.91 Å². The molecular formula is C26H25FN2O2. The van der Waals surface area contributed by atoms with E-state index < -0.39 is 0 Å². The molecule has 3 aromatic rings. The summed E-state index contributed by atoms with van der Waals surface area (Å²) in [5.41, 5.74) is 2.45. The highest BCUT2D eigenvalue weighted by Crippen LogP contribution is 2.33. The smallest absolute Gasteiger partial charge is 0.225 e. The predicted molar refractivity (Wildman–Crippen MR) is 118 cm³/mol. The monoisotopic (exact) mass is 416 g/mol. The zero-order chi connectivity index (χ0) is 21.2. The molecule has 1 amide bonds. The molecule has 0 N–H and O–H groups in total. The van der Waals surface area contributed by atoms with E-state index in [9.17, 15) is 4.79 Å². The number of halogens is 1. The van der Waals surface area contributed by atoms with E-state index in [-0.39, 0.29) is 17.8 Å². The number of benzene rings is 2. The standard InChI is InChI=1S/C26H25FN2O2/c27-25-22(4-3-5-23(25)24-6-1-2-15-28-24)18-9-11-20(12-10-18)31-21-13-16-29(17-14-21)26(30)19-7-8-19/h1-6,9-12,15,19,21H,7-8,13-14,16-17H2. The Morgan fingerprint density at radius 3 is 2.32 bits per heavy atom. The fourth-order valence-corrected chi connectivity index (χ4v) is 4.16. The number of likely N-dealkylation sites (tertiary alicyclic amines) is 1. The average Bonchev–Trinajstić information content (AvgIpc) is 3.66. The van der Waals surface area contributed by atoms with Crippen molar-refractivity contribution < 1.29 is 13.9 Å². The molecule has 1 saturated heterocycles. The van der Waals surface area contributed by atoms with E-state index in [1.165, 1.54) is 0 Å². The van der Waals surface area contributed by atoms with Gasteiger partial charge < -0.3 is 9.64 Å².